The van der Waals surface area contributed by atoms with Crippen molar-refractivity contribution in [1.82, 2.24) is 20.4 Å². The molecule has 1 aliphatic rings. The Bertz CT molecular complexity index is 535. The summed E-state index contributed by atoms with van der Waals surface area (Å²) in [4.78, 5) is 6.87. The molecule has 0 saturated carbocycles. The van der Waals surface area contributed by atoms with Crippen LogP contribution in [0.4, 0.5) is 0 Å². The number of nitrogens with one attached hydrogen (secondary N) is 1. The van der Waals surface area contributed by atoms with Crippen LogP contribution in [-0.4, -0.2) is 40.2 Å². The summed E-state index contributed by atoms with van der Waals surface area (Å²) in [5, 5.41) is 11.5. The molecule has 3 rings (SSSR count). The number of hydrogen-bond acceptors (Lipinski definition) is 6. The summed E-state index contributed by atoms with van der Waals surface area (Å²) < 4.78 is 5.32. The van der Waals surface area contributed by atoms with E-state index in [0.29, 0.717) is 5.89 Å². The van der Waals surface area contributed by atoms with Crippen molar-refractivity contribution in [1.29, 1.82) is 0 Å². The topological polar surface area (TPSA) is 54.2 Å². The highest BCUT2D eigenvalue weighted by molar-refractivity contribution is 7.08. The first-order valence-corrected chi connectivity index (χ1v) is 7.40. The van der Waals surface area contributed by atoms with Crippen LogP contribution in [0.2, 0.25) is 0 Å². The second-order valence-electron chi connectivity index (χ2n) is 5.44. The molecule has 19 heavy (non-hydrogen) atoms. The lowest BCUT2D eigenvalue weighted by atomic mass is 10.0. The molecule has 0 bridgehead atoms. The molecular formula is C13H18N4OS. The second-order valence-corrected chi connectivity index (χ2v) is 6.22. The standard InChI is InChI=1S/C13H18N4OS/c1-13(2)9-14-4-5-17(13)7-11-15-12(18-16-11)10-3-6-19-8-10/h3,6,8,14H,4-5,7,9H2,1-2H3. The maximum absolute atomic E-state index is 5.32. The lowest BCUT2D eigenvalue weighted by Crippen LogP contribution is -2.57. The van der Waals surface area contributed by atoms with Gasteiger partial charge in [0.25, 0.3) is 5.89 Å². The van der Waals surface area contributed by atoms with E-state index in [9.17, 15) is 0 Å². The summed E-state index contributed by atoms with van der Waals surface area (Å²) in [6.45, 7) is 8.22. The fraction of sp³-hybridized carbons (Fsp3) is 0.538. The zero-order valence-electron chi connectivity index (χ0n) is 11.2. The minimum atomic E-state index is 0.126. The Kier molecular flexibility index (Phi) is 3.38. The van der Waals surface area contributed by atoms with E-state index in [1.807, 2.05) is 16.8 Å². The van der Waals surface area contributed by atoms with Gasteiger partial charge in [-0.2, -0.15) is 16.3 Å². The van der Waals surface area contributed by atoms with Crippen LogP contribution in [0.3, 0.4) is 0 Å². The molecule has 2 aromatic heterocycles. The molecular weight excluding hydrogens is 260 g/mol. The van der Waals surface area contributed by atoms with Crippen LogP contribution < -0.4 is 5.32 Å². The van der Waals surface area contributed by atoms with Crippen molar-refractivity contribution < 1.29 is 4.52 Å². The van der Waals surface area contributed by atoms with E-state index in [1.165, 1.54) is 0 Å². The lowest BCUT2D eigenvalue weighted by Gasteiger charge is -2.42. The second kappa shape index (κ2) is 5.03. The van der Waals surface area contributed by atoms with Gasteiger partial charge in [-0.05, 0) is 25.3 Å². The fourth-order valence-corrected chi connectivity index (χ4v) is 2.94. The van der Waals surface area contributed by atoms with E-state index >= 15 is 0 Å². The third-order valence-corrected chi connectivity index (χ3v) is 4.22. The van der Waals surface area contributed by atoms with Crippen LogP contribution in [0.1, 0.15) is 19.7 Å². The number of nitrogens with zero attached hydrogens (tertiary/aromatic N) is 3. The number of hydrogen-bond donors (Lipinski definition) is 1. The third kappa shape index (κ3) is 2.70. The number of aromatic nitrogens is 2. The van der Waals surface area contributed by atoms with Crippen LogP contribution in [0.5, 0.6) is 0 Å². The highest BCUT2D eigenvalue weighted by atomic mass is 32.1. The molecule has 6 heteroatoms. The van der Waals surface area contributed by atoms with Gasteiger partial charge in [-0.15, -0.1) is 0 Å². The predicted molar refractivity (Wildman–Crippen MR) is 75.0 cm³/mol. The van der Waals surface area contributed by atoms with Crippen LogP contribution in [0.25, 0.3) is 11.5 Å². The van der Waals surface area contributed by atoms with E-state index in [-0.39, 0.29) is 5.54 Å². The smallest absolute Gasteiger partial charge is 0.258 e. The summed E-state index contributed by atoms with van der Waals surface area (Å²) in [5.41, 5.74) is 1.13. The van der Waals surface area contributed by atoms with Crippen molar-refractivity contribution in [3.05, 3.63) is 22.7 Å². The molecule has 3 heterocycles. The van der Waals surface area contributed by atoms with Gasteiger partial charge in [0, 0.05) is 30.6 Å². The van der Waals surface area contributed by atoms with E-state index in [0.717, 1.165) is 37.6 Å². The van der Waals surface area contributed by atoms with Gasteiger partial charge in [0.1, 0.15) is 0 Å². The summed E-state index contributed by atoms with van der Waals surface area (Å²) in [6.07, 6.45) is 0. The number of rotatable bonds is 3. The molecule has 1 aliphatic heterocycles. The van der Waals surface area contributed by atoms with Gasteiger partial charge in [-0.25, -0.2) is 0 Å². The maximum Gasteiger partial charge on any atom is 0.258 e. The average Bonchev–Trinajstić information content (AvgIpc) is 3.02. The predicted octanol–water partition coefficient (Wildman–Crippen LogP) is 1.98. The Morgan fingerprint density at radius 1 is 1.53 bits per heavy atom. The van der Waals surface area contributed by atoms with Gasteiger partial charge in [-0.3, -0.25) is 4.90 Å². The van der Waals surface area contributed by atoms with Crippen LogP contribution in [0.15, 0.2) is 21.3 Å². The van der Waals surface area contributed by atoms with Gasteiger partial charge in [0.15, 0.2) is 5.82 Å². The van der Waals surface area contributed by atoms with Gasteiger partial charge < -0.3 is 9.84 Å². The first-order chi connectivity index (χ1) is 9.15. The monoisotopic (exact) mass is 278 g/mol. The van der Waals surface area contributed by atoms with E-state index < -0.39 is 0 Å². The zero-order chi connectivity index (χ0) is 13.3. The van der Waals surface area contributed by atoms with Gasteiger partial charge in [0.05, 0.1) is 12.1 Å². The van der Waals surface area contributed by atoms with E-state index in [4.69, 9.17) is 4.52 Å². The van der Waals surface area contributed by atoms with E-state index in [2.05, 4.69) is 34.2 Å². The Morgan fingerprint density at radius 2 is 2.42 bits per heavy atom. The normalized spacial score (nSPS) is 19.7. The minimum absolute atomic E-state index is 0.126. The third-order valence-electron chi connectivity index (χ3n) is 3.54. The molecule has 1 saturated heterocycles. The van der Waals surface area contributed by atoms with Crippen molar-refractivity contribution in [2.75, 3.05) is 19.6 Å². The summed E-state index contributed by atoms with van der Waals surface area (Å²) in [7, 11) is 0. The summed E-state index contributed by atoms with van der Waals surface area (Å²) >= 11 is 1.63. The van der Waals surface area contributed by atoms with E-state index in [1.54, 1.807) is 11.3 Å². The van der Waals surface area contributed by atoms with Gasteiger partial charge >= 0.3 is 0 Å². The first kappa shape index (κ1) is 12.8. The van der Waals surface area contributed by atoms with Crippen molar-refractivity contribution >= 4 is 11.3 Å². The van der Waals surface area contributed by atoms with Crippen molar-refractivity contribution in [2.45, 2.75) is 25.9 Å². The Hall–Kier alpha value is -1.24. The first-order valence-electron chi connectivity index (χ1n) is 6.46. The van der Waals surface area contributed by atoms with Crippen LogP contribution in [-0.2, 0) is 6.54 Å². The molecule has 0 aromatic carbocycles. The molecule has 0 atom stereocenters. The average molecular weight is 278 g/mol. The minimum Gasteiger partial charge on any atom is -0.334 e. The molecule has 1 N–H and O–H groups in total. The van der Waals surface area contributed by atoms with Gasteiger partial charge in [0.2, 0.25) is 0 Å². The van der Waals surface area contributed by atoms with Crippen molar-refractivity contribution in [2.24, 2.45) is 0 Å². The highest BCUT2D eigenvalue weighted by Gasteiger charge is 2.30. The Morgan fingerprint density at radius 3 is 3.16 bits per heavy atom. The largest absolute Gasteiger partial charge is 0.334 e. The molecule has 0 radical (unpaired) electrons. The maximum atomic E-state index is 5.32. The quantitative estimate of drug-likeness (QED) is 0.930. The molecule has 2 aromatic rings. The van der Waals surface area contributed by atoms with Crippen molar-refractivity contribution in [3.63, 3.8) is 0 Å². The number of thiophene rings is 1. The lowest BCUT2D eigenvalue weighted by molar-refractivity contribution is 0.0791. The van der Waals surface area contributed by atoms with Crippen molar-refractivity contribution in [3.8, 4) is 11.5 Å². The Labute approximate surface area is 116 Å². The van der Waals surface area contributed by atoms with Gasteiger partial charge in [-0.1, -0.05) is 5.16 Å². The fourth-order valence-electron chi connectivity index (χ4n) is 2.31. The van der Waals surface area contributed by atoms with Crippen LogP contribution in [0, 0.1) is 0 Å². The molecule has 0 amide bonds. The molecule has 0 unspecified atom stereocenters. The SMILES string of the molecule is CC1(C)CNCCN1Cc1noc(-c2ccsc2)n1. The molecule has 1 fully saturated rings. The summed E-state index contributed by atoms with van der Waals surface area (Å²) in [5.74, 6) is 1.38. The summed E-state index contributed by atoms with van der Waals surface area (Å²) in [6, 6.07) is 2.00. The highest BCUT2D eigenvalue weighted by Crippen LogP contribution is 2.22. The number of piperazine rings is 1. The zero-order valence-corrected chi connectivity index (χ0v) is 12.0. The molecule has 5 nitrogen and oxygen atoms in total. The molecule has 0 aliphatic carbocycles. The molecule has 0 spiro atoms. The van der Waals surface area contributed by atoms with Crippen LogP contribution >= 0.6 is 11.3 Å². The molecule has 102 valence electrons. The Balaban J connectivity index is 1.73.